The molecular formula is C14H23N3S. The van der Waals surface area contributed by atoms with Gasteiger partial charge in [0.05, 0.1) is 0 Å². The first-order valence-electron chi connectivity index (χ1n) is 6.73. The average molecular weight is 265 g/mol. The number of thioether (sulfide) groups is 1. The second-order valence-corrected chi connectivity index (χ2v) is 6.56. The quantitative estimate of drug-likeness (QED) is 0.902. The van der Waals surface area contributed by atoms with E-state index in [1.54, 1.807) is 0 Å². The standard InChI is InChI=1S/C14H23N3S/c1-9(2)13-7-10(3)15-14(17-13)16-11-5-6-12(8-11)18-4/h7,9,11-12H,5-6,8H2,1-4H3,(H,15,16,17). The van der Waals surface area contributed by atoms with Crippen LogP contribution in [0.25, 0.3) is 0 Å². The Morgan fingerprint density at radius 3 is 2.72 bits per heavy atom. The second kappa shape index (κ2) is 5.91. The summed E-state index contributed by atoms with van der Waals surface area (Å²) in [5, 5.41) is 4.31. The van der Waals surface area contributed by atoms with E-state index >= 15 is 0 Å². The van der Waals surface area contributed by atoms with Crippen LogP contribution in [0.15, 0.2) is 6.07 Å². The monoisotopic (exact) mass is 265 g/mol. The molecule has 0 amide bonds. The summed E-state index contributed by atoms with van der Waals surface area (Å²) in [6.07, 6.45) is 5.98. The maximum absolute atomic E-state index is 4.62. The fraction of sp³-hybridized carbons (Fsp3) is 0.714. The topological polar surface area (TPSA) is 37.8 Å². The van der Waals surface area contributed by atoms with Crippen LogP contribution >= 0.6 is 11.8 Å². The van der Waals surface area contributed by atoms with E-state index in [0.29, 0.717) is 12.0 Å². The molecule has 0 aliphatic heterocycles. The third-order valence-corrected chi connectivity index (χ3v) is 4.61. The zero-order valence-corrected chi connectivity index (χ0v) is 12.5. The summed E-state index contributed by atoms with van der Waals surface area (Å²) in [6.45, 7) is 6.38. The molecule has 4 heteroatoms. The van der Waals surface area contributed by atoms with Gasteiger partial charge in [0.15, 0.2) is 0 Å². The predicted octanol–water partition coefficient (Wildman–Crippen LogP) is 3.60. The summed E-state index contributed by atoms with van der Waals surface area (Å²) in [7, 11) is 0. The van der Waals surface area contributed by atoms with Crippen LogP contribution in [0.3, 0.4) is 0 Å². The van der Waals surface area contributed by atoms with Crippen molar-refractivity contribution in [3.05, 3.63) is 17.5 Å². The van der Waals surface area contributed by atoms with Gasteiger partial charge in [0, 0.05) is 22.7 Å². The summed E-state index contributed by atoms with van der Waals surface area (Å²) in [4.78, 5) is 9.12. The first-order chi connectivity index (χ1) is 8.58. The van der Waals surface area contributed by atoms with Crippen molar-refractivity contribution in [1.82, 2.24) is 9.97 Å². The average Bonchev–Trinajstić information content (AvgIpc) is 2.76. The largest absolute Gasteiger partial charge is 0.351 e. The molecule has 2 atom stereocenters. The smallest absolute Gasteiger partial charge is 0.223 e. The van der Waals surface area contributed by atoms with E-state index in [0.717, 1.165) is 22.6 Å². The highest BCUT2D eigenvalue weighted by Gasteiger charge is 2.24. The van der Waals surface area contributed by atoms with Crippen LogP contribution in [0, 0.1) is 6.92 Å². The molecule has 1 heterocycles. The minimum atomic E-state index is 0.453. The maximum atomic E-state index is 4.62. The lowest BCUT2D eigenvalue weighted by Crippen LogP contribution is -2.18. The van der Waals surface area contributed by atoms with Crippen molar-refractivity contribution in [2.45, 2.75) is 57.2 Å². The van der Waals surface area contributed by atoms with Crippen LogP contribution < -0.4 is 5.32 Å². The molecule has 1 aromatic heterocycles. The minimum Gasteiger partial charge on any atom is -0.351 e. The van der Waals surface area contributed by atoms with E-state index in [-0.39, 0.29) is 0 Å². The Hall–Kier alpha value is -0.770. The van der Waals surface area contributed by atoms with E-state index < -0.39 is 0 Å². The van der Waals surface area contributed by atoms with Crippen LogP contribution in [0.5, 0.6) is 0 Å². The molecule has 0 saturated heterocycles. The summed E-state index contributed by atoms with van der Waals surface area (Å²) in [5.74, 6) is 1.26. The third kappa shape index (κ3) is 3.37. The molecule has 1 aromatic rings. The molecular weight excluding hydrogens is 242 g/mol. The molecule has 1 saturated carbocycles. The molecule has 0 radical (unpaired) electrons. The Morgan fingerprint density at radius 2 is 2.11 bits per heavy atom. The normalized spacial score (nSPS) is 23.6. The van der Waals surface area contributed by atoms with Gasteiger partial charge in [-0.15, -0.1) is 0 Å². The molecule has 1 N–H and O–H groups in total. The van der Waals surface area contributed by atoms with Crippen molar-refractivity contribution in [3.63, 3.8) is 0 Å². The SMILES string of the molecule is CSC1CCC(Nc2nc(C)cc(C(C)C)n2)C1. The van der Waals surface area contributed by atoms with E-state index in [1.807, 2.05) is 18.7 Å². The number of hydrogen-bond acceptors (Lipinski definition) is 4. The van der Waals surface area contributed by atoms with Crippen molar-refractivity contribution < 1.29 is 0 Å². The van der Waals surface area contributed by atoms with Gasteiger partial charge in [0.1, 0.15) is 0 Å². The lowest BCUT2D eigenvalue weighted by Gasteiger charge is -2.15. The highest BCUT2D eigenvalue weighted by atomic mass is 32.2. The Bertz CT molecular complexity index is 406. The summed E-state index contributed by atoms with van der Waals surface area (Å²) >= 11 is 1.98. The molecule has 100 valence electrons. The van der Waals surface area contributed by atoms with E-state index in [4.69, 9.17) is 0 Å². The molecule has 0 aromatic carbocycles. The van der Waals surface area contributed by atoms with Crippen molar-refractivity contribution >= 4 is 17.7 Å². The summed E-state index contributed by atoms with van der Waals surface area (Å²) in [5.41, 5.74) is 2.18. The van der Waals surface area contributed by atoms with Gasteiger partial charge in [-0.2, -0.15) is 11.8 Å². The van der Waals surface area contributed by atoms with Crippen molar-refractivity contribution in [3.8, 4) is 0 Å². The van der Waals surface area contributed by atoms with Gasteiger partial charge in [-0.1, -0.05) is 13.8 Å². The van der Waals surface area contributed by atoms with E-state index in [2.05, 4.69) is 41.5 Å². The molecule has 18 heavy (non-hydrogen) atoms. The number of aryl methyl sites for hydroxylation is 1. The van der Waals surface area contributed by atoms with Crippen molar-refractivity contribution in [2.24, 2.45) is 0 Å². The fourth-order valence-electron chi connectivity index (χ4n) is 2.42. The predicted molar refractivity (Wildman–Crippen MR) is 79.4 cm³/mol. The lowest BCUT2D eigenvalue weighted by atomic mass is 10.1. The third-order valence-electron chi connectivity index (χ3n) is 3.52. The molecule has 2 unspecified atom stereocenters. The number of aromatic nitrogens is 2. The van der Waals surface area contributed by atoms with Gasteiger partial charge >= 0.3 is 0 Å². The number of nitrogens with zero attached hydrogens (tertiary/aromatic N) is 2. The molecule has 1 fully saturated rings. The summed E-state index contributed by atoms with van der Waals surface area (Å²) in [6, 6.07) is 2.62. The van der Waals surface area contributed by atoms with Crippen LogP contribution in [-0.2, 0) is 0 Å². The Morgan fingerprint density at radius 1 is 1.33 bits per heavy atom. The van der Waals surface area contributed by atoms with Crippen LogP contribution in [0.1, 0.15) is 50.4 Å². The molecule has 0 bridgehead atoms. The zero-order chi connectivity index (χ0) is 13.1. The first-order valence-corrected chi connectivity index (χ1v) is 8.02. The maximum Gasteiger partial charge on any atom is 0.223 e. The first kappa shape index (κ1) is 13.7. The van der Waals surface area contributed by atoms with E-state index in [1.165, 1.54) is 19.3 Å². The number of rotatable bonds is 4. The lowest BCUT2D eigenvalue weighted by molar-refractivity contribution is 0.735. The van der Waals surface area contributed by atoms with Crippen molar-refractivity contribution in [1.29, 1.82) is 0 Å². The van der Waals surface area contributed by atoms with Crippen LogP contribution in [0.4, 0.5) is 5.95 Å². The number of hydrogen-bond donors (Lipinski definition) is 1. The summed E-state index contributed by atoms with van der Waals surface area (Å²) < 4.78 is 0. The van der Waals surface area contributed by atoms with Gasteiger partial charge in [0.25, 0.3) is 0 Å². The molecule has 1 aliphatic rings. The van der Waals surface area contributed by atoms with Gasteiger partial charge < -0.3 is 5.32 Å². The van der Waals surface area contributed by atoms with Gasteiger partial charge in [-0.05, 0) is 44.4 Å². The van der Waals surface area contributed by atoms with Gasteiger partial charge in [-0.3, -0.25) is 0 Å². The Labute approximate surface area is 114 Å². The highest BCUT2D eigenvalue weighted by Crippen LogP contribution is 2.29. The van der Waals surface area contributed by atoms with E-state index in [9.17, 15) is 0 Å². The molecule has 1 aliphatic carbocycles. The molecule has 0 spiro atoms. The van der Waals surface area contributed by atoms with Gasteiger partial charge in [-0.25, -0.2) is 9.97 Å². The minimum absolute atomic E-state index is 0.453. The highest BCUT2D eigenvalue weighted by molar-refractivity contribution is 7.99. The van der Waals surface area contributed by atoms with Gasteiger partial charge in [0.2, 0.25) is 5.95 Å². The second-order valence-electron chi connectivity index (χ2n) is 5.42. The number of nitrogens with one attached hydrogen (secondary N) is 1. The zero-order valence-electron chi connectivity index (χ0n) is 11.7. The molecule has 3 nitrogen and oxygen atoms in total. The molecule has 2 rings (SSSR count). The fourth-order valence-corrected chi connectivity index (χ4v) is 3.22. The Kier molecular flexibility index (Phi) is 4.49. The van der Waals surface area contributed by atoms with Crippen molar-refractivity contribution in [2.75, 3.05) is 11.6 Å². The van der Waals surface area contributed by atoms with Crippen LogP contribution in [0.2, 0.25) is 0 Å². The number of anilines is 1. The Balaban J connectivity index is 2.05. The van der Waals surface area contributed by atoms with Crippen LogP contribution in [-0.4, -0.2) is 27.5 Å².